The summed E-state index contributed by atoms with van der Waals surface area (Å²) in [7, 11) is 0. The summed E-state index contributed by atoms with van der Waals surface area (Å²) in [5.41, 5.74) is 8.40. The molecular weight excluding hydrogens is 238 g/mol. The molecule has 1 aromatic heterocycles. The second-order valence-electron chi connectivity index (χ2n) is 4.66. The average Bonchev–Trinajstić information content (AvgIpc) is 2.46. The summed E-state index contributed by atoms with van der Waals surface area (Å²) in [5.74, 6) is 0.229. The Labute approximate surface area is 111 Å². The Kier molecular flexibility index (Phi) is 2.91. The van der Waals surface area contributed by atoms with Crippen molar-refractivity contribution in [2.75, 3.05) is 17.6 Å². The number of nitrogens with one attached hydrogen (secondary N) is 1. The standard InChI is InChI=1S/C15H15N3O/c16-15-12(5-3-8-18-15)14(19)11-7-9-17-13-6-2-1-4-10(11)13/h1-6,8,11,17H,7,9H2,(H2,16,18). The molecule has 3 rings (SSSR count). The van der Waals surface area contributed by atoms with Gasteiger partial charge in [-0.15, -0.1) is 0 Å². The highest BCUT2D eigenvalue weighted by Crippen LogP contribution is 2.34. The number of aromatic nitrogens is 1. The zero-order valence-electron chi connectivity index (χ0n) is 10.5. The van der Waals surface area contributed by atoms with E-state index in [1.54, 1.807) is 18.3 Å². The van der Waals surface area contributed by atoms with Gasteiger partial charge in [0.2, 0.25) is 0 Å². The summed E-state index contributed by atoms with van der Waals surface area (Å²) in [6, 6.07) is 11.4. The highest BCUT2D eigenvalue weighted by Gasteiger charge is 2.28. The normalized spacial score (nSPS) is 17.4. The number of anilines is 2. The first-order chi connectivity index (χ1) is 9.27. The van der Waals surface area contributed by atoms with Crippen molar-refractivity contribution in [1.82, 2.24) is 4.98 Å². The van der Waals surface area contributed by atoms with E-state index in [1.165, 1.54) is 0 Å². The number of hydrogen-bond donors (Lipinski definition) is 2. The minimum absolute atomic E-state index is 0.0551. The molecular formula is C15H15N3O. The maximum Gasteiger partial charge on any atom is 0.174 e. The lowest BCUT2D eigenvalue weighted by molar-refractivity contribution is 0.0956. The van der Waals surface area contributed by atoms with Crippen molar-refractivity contribution in [2.24, 2.45) is 0 Å². The number of nitrogen functional groups attached to an aromatic ring is 1. The number of nitrogens with zero attached hydrogens (tertiary/aromatic N) is 1. The molecule has 0 radical (unpaired) electrons. The summed E-state index contributed by atoms with van der Waals surface area (Å²) in [6.45, 7) is 0.799. The van der Waals surface area contributed by atoms with Gasteiger partial charge in [0.15, 0.2) is 5.78 Å². The van der Waals surface area contributed by atoms with Crippen LogP contribution in [-0.2, 0) is 0 Å². The number of para-hydroxylation sites is 1. The molecule has 0 spiro atoms. The molecule has 1 aliphatic heterocycles. The molecule has 0 bridgehead atoms. The van der Waals surface area contributed by atoms with Crippen LogP contribution in [0.4, 0.5) is 11.5 Å². The molecule has 2 aromatic rings. The van der Waals surface area contributed by atoms with Crippen molar-refractivity contribution >= 4 is 17.3 Å². The predicted octanol–water partition coefficient (Wildman–Crippen LogP) is 2.45. The van der Waals surface area contributed by atoms with Crippen LogP contribution in [0.1, 0.15) is 28.3 Å². The Balaban J connectivity index is 2.00. The van der Waals surface area contributed by atoms with Crippen LogP contribution < -0.4 is 11.1 Å². The summed E-state index contributed by atoms with van der Waals surface area (Å²) < 4.78 is 0. The van der Waals surface area contributed by atoms with Crippen LogP contribution in [0.5, 0.6) is 0 Å². The van der Waals surface area contributed by atoms with Gasteiger partial charge in [0, 0.05) is 18.4 Å². The lowest BCUT2D eigenvalue weighted by Gasteiger charge is -2.25. The van der Waals surface area contributed by atoms with E-state index in [0.717, 1.165) is 24.2 Å². The van der Waals surface area contributed by atoms with E-state index >= 15 is 0 Å². The van der Waals surface area contributed by atoms with E-state index in [-0.39, 0.29) is 11.7 Å². The first-order valence-corrected chi connectivity index (χ1v) is 6.35. The summed E-state index contributed by atoms with van der Waals surface area (Å²) in [5, 5.41) is 3.31. The van der Waals surface area contributed by atoms with E-state index in [1.807, 2.05) is 24.3 Å². The van der Waals surface area contributed by atoms with Crippen LogP contribution in [0.25, 0.3) is 0 Å². The lowest BCUT2D eigenvalue weighted by Crippen LogP contribution is -2.23. The molecule has 0 amide bonds. The molecule has 0 fully saturated rings. The van der Waals surface area contributed by atoms with Gasteiger partial charge < -0.3 is 11.1 Å². The third-order valence-electron chi connectivity index (χ3n) is 3.51. The monoisotopic (exact) mass is 253 g/mol. The maximum atomic E-state index is 12.6. The maximum absolute atomic E-state index is 12.6. The van der Waals surface area contributed by atoms with Crippen molar-refractivity contribution in [3.63, 3.8) is 0 Å². The SMILES string of the molecule is Nc1ncccc1C(=O)C1CCNc2ccccc21. The highest BCUT2D eigenvalue weighted by molar-refractivity contribution is 6.05. The number of fused-ring (bicyclic) bond motifs is 1. The summed E-state index contributed by atoms with van der Waals surface area (Å²) >= 11 is 0. The van der Waals surface area contributed by atoms with Crippen molar-refractivity contribution in [2.45, 2.75) is 12.3 Å². The van der Waals surface area contributed by atoms with Gasteiger partial charge in [-0.2, -0.15) is 0 Å². The smallest absolute Gasteiger partial charge is 0.174 e. The van der Waals surface area contributed by atoms with E-state index < -0.39 is 0 Å². The molecule has 4 heteroatoms. The number of Topliss-reactive ketones (excluding diaryl/α,β-unsaturated/α-hetero) is 1. The fraction of sp³-hybridized carbons (Fsp3) is 0.200. The third kappa shape index (κ3) is 2.05. The first kappa shape index (κ1) is 11.7. The number of carbonyl (C=O) groups is 1. The summed E-state index contributed by atoms with van der Waals surface area (Å²) in [4.78, 5) is 16.6. The largest absolute Gasteiger partial charge is 0.385 e. The number of ketones is 1. The fourth-order valence-electron chi connectivity index (χ4n) is 2.55. The number of hydrogen-bond acceptors (Lipinski definition) is 4. The van der Waals surface area contributed by atoms with Gasteiger partial charge in [0.05, 0.1) is 11.5 Å². The van der Waals surface area contributed by atoms with Gasteiger partial charge in [-0.3, -0.25) is 4.79 Å². The Hall–Kier alpha value is -2.36. The van der Waals surface area contributed by atoms with Crippen LogP contribution in [0, 0.1) is 0 Å². The number of pyridine rings is 1. The highest BCUT2D eigenvalue weighted by atomic mass is 16.1. The molecule has 96 valence electrons. The zero-order valence-corrected chi connectivity index (χ0v) is 10.5. The molecule has 3 N–H and O–H groups in total. The van der Waals surface area contributed by atoms with Gasteiger partial charge in [0.1, 0.15) is 5.82 Å². The number of rotatable bonds is 2. The molecule has 19 heavy (non-hydrogen) atoms. The number of carbonyl (C=O) groups excluding carboxylic acids is 1. The number of benzene rings is 1. The summed E-state index contributed by atoms with van der Waals surface area (Å²) in [6.07, 6.45) is 2.38. The van der Waals surface area contributed by atoms with E-state index in [2.05, 4.69) is 10.3 Å². The molecule has 1 aliphatic rings. The average molecular weight is 253 g/mol. The second-order valence-corrected chi connectivity index (χ2v) is 4.66. The van der Waals surface area contributed by atoms with Gasteiger partial charge in [-0.05, 0) is 30.2 Å². The molecule has 1 aromatic carbocycles. The van der Waals surface area contributed by atoms with Crippen LogP contribution in [0.2, 0.25) is 0 Å². The van der Waals surface area contributed by atoms with Gasteiger partial charge in [-0.25, -0.2) is 4.98 Å². The van der Waals surface area contributed by atoms with Crippen molar-refractivity contribution in [3.8, 4) is 0 Å². The number of nitrogens with two attached hydrogens (primary N) is 1. The van der Waals surface area contributed by atoms with Crippen molar-refractivity contribution < 1.29 is 4.79 Å². The van der Waals surface area contributed by atoms with Crippen LogP contribution in [0.15, 0.2) is 42.6 Å². The van der Waals surface area contributed by atoms with Gasteiger partial charge in [0.25, 0.3) is 0 Å². The van der Waals surface area contributed by atoms with Crippen LogP contribution in [0.3, 0.4) is 0 Å². The van der Waals surface area contributed by atoms with Crippen LogP contribution in [-0.4, -0.2) is 17.3 Å². The lowest BCUT2D eigenvalue weighted by atomic mass is 9.85. The van der Waals surface area contributed by atoms with E-state index in [4.69, 9.17) is 5.73 Å². The van der Waals surface area contributed by atoms with Gasteiger partial charge >= 0.3 is 0 Å². The first-order valence-electron chi connectivity index (χ1n) is 6.35. The second kappa shape index (κ2) is 4.72. The topological polar surface area (TPSA) is 68.0 Å². The molecule has 0 saturated carbocycles. The van der Waals surface area contributed by atoms with Gasteiger partial charge in [-0.1, -0.05) is 18.2 Å². The zero-order chi connectivity index (χ0) is 13.2. The van der Waals surface area contributed by atoms with E-state index in [0.29, 0.717) is 11.4 Å². The fourth-order valence-corrected chi connectivity index (χ4v) is 2.55. The minimum atomic E-state index is -0.135. The Morgan fingerprint density at radius 3 is 2.95 bits per heavy atom. The van der Waals surface area contributed by atoms with Crippen molar-refractivity contribution in [1.29, 1.82) is 0 Å². The third-order valence-corrected chi connectivity index (χ3v) is 3.51. The molecule has 4 nitrogen and oxygen atoms in total. The minimum Gasteiger partial charge on any atom is -0.385 e. The Bertz CT molecular complexity index is 624. The Morgan fingerprint density at radius 2 is 2.11 bits per heavy atom. The van der Waals surface area contributed by atoms with Crippen LogP contribution >= 0.6 is 0 Å². The predicted molar refractivity (Wildman–Crippen MR) is 75.3 cm³/mol. The molecule has 1 atom stereocenters. The quantitative estimate of drug-likeness (QED) is 0.807. The van der Waals surface area contributed by atoms with Crippen molar-refractivity contribution in [3.05, 3.63) is 53.7 Å². The molecule has 1 unspecified atom stereocenters. The molecule has 0 aliphatic carbocycles. The Morgan fingerprint density at radius 1 is 1.26 bits per heavy atom. The molecule has 2 heterocycles. The molecule has 0 saturated heterocycles. The van der Waals surface area contributed by atoms with E-state index in [9.17, 15) is 4.79 Å².